The number of ether oxygens (including phenoxy) is 1. The van der Waals surface area contributed by atoms with Gasteiger partial charge in [-0.25, -0.2) is 0 Å². The van der Waals surface area contributed by atoms with Crippen LogP contribution in [0.5, 0.6) is 5.75 Å². The smallest absolute Gasteiger partial charge is 0.287 e. The van der Waals surface area contributed by atoms with Crippen LogP contribution in [0.2, 0.25) is 0 Å². The van der Waals surface area contributed by atoms with Crippen molar-refractivity contribution in [2.24, 2.45) is 0 Å². The first-order chi connectivity index (χ1) is 13.1. The number of likely N-dealkylation sites (tertiary alicyclic amines) is 1. The summed E-state index contributed by atoms with van der Waals surface area (Å²) >= 11 is 3.39. The largest absolute Gasteiger partial charge is 0.486 e. The van der Waals surface area contributed by atoms with Crippen molar-refractivity contribution in [3.05, 3.63) is 52.4 Å². The molecule has 3 rings (SSSR count). The molecule has 5 nitrogen and oxygen atoms in total. The van der Waals surface area contributed by atoms with E-state index in [1.807, 2.05) is 24.3 Å². The van der Waals surface area contributed by atoms with E-state index in [2.05, 4.69) is 33.1 Å². The number of piperidine rings is 1. The minimum absolute atomic E-state index is 0.142. The summed E-state index contributed by atoms with van der Waals surface area (Å²) in [5.41, 5.74) is 0. The van der Waals surface area contributed by atoms with Crippen molar-refractivity contribution in [3.63, 3.8) is 0 Å². The van der Waals surface area contributed by atoms with E-state index in [0.717, 1.165) is 42.7 Å². The third-order valence-electron chi connectivity index (χ3n) is 4.83. The van der Waals surface area contributed by atoms with Crippen molar-refractivity contribution in [2.45, 2.75) is 45.3 Å². The molecule has 1 saturated heterocycles. The lowest BCUT2D eigenvalue weighted by atomic mass is 10.0. The van der Waals surface area contributed by atoms with Crippen molar-refractivity contribution in [2.75, 3.05) is 19.6 Å². The predicted octanol–water partition coefficient (Wildman–Crippen LogP) is 4.62. The fourth-order valence-electron chi connectivity index (χ4n) is 3.20. The van der Waals surface area contributed by atoms with Gasteiger partial charge in [-0.05, 0) is 62.2 Å². The number of halogens is 1. The highest BCUT2D eigenvalue weighted by molar-refractivity contribution is 9.10. The topological polar surface area (TPSA) is 54.7 Å². The first-order valence-corrected chi connectivity index (χ1v) is 10.4. The Hall–Kier alpha value is -1.79. The van der Waals surface area contributed by atoms with Gasteiger partial charge < -0.3 is 19.4 Å². The van der Waals surface area contributed by atoms with Crippen molar-refractivity contribution >= 4 is 21.8 Å². The normalized spacial score (nSPS) is 15.6. The first kappa shape index (κ1) is 20.0. The van der Waals surface area contributed by atoms with Crippen LogP contribution in [0.25, 0.3) is 0 Å². The molecule has 1 N–H and O–H groups in total. The van der Waals surface area contributed by atoms with Crippen LogP contribution >= 0.6 is 15.9 Å². The molecule has 0 unspecified atom stereocenters. The predicted molar refractivity (Wildman–Crippen MR) is 109 cm³/mol. The number of rotatable bonds is 8. The zero-order valence-electron chi connectivity index (χ0n) is 15.7. The van der Waals surface area contributed by atoms with Gasteiger partial charge in [0.05, 0.1) is 0 Å². The van der Waals surface area contributed by atoms with Gasteiger partial charge in [0.1, 0.15) is 18.1 Å². The molecule has 0 saturated carbocycles. The highest BCUT2D eigenvalue weighted by Crippen LogP contribution is 2.18. The van der Waals surface area contributed by atoms with Gasteiger partial charge in [0, 0.05) is 23.6 Å². The second-order valence-electron chi connectivity index (χ2n) is 6.95. The van der Waals surface area contributed by atoms with Gasteiger partial charge in [0.2, 0.25) is 0 Å². The number of nitrogens with zero attached hydrogens (tertiary/aromatic N) is 1. The second-order valence-corrected chi connectivity index (χ2v) is 7.87. The van der Waals surface area contributed by atoms with Crippen LogP contribution in [0.3, 0.4) is 0 Å². The van der Waals surface area contributed by atoms with Crippen LogP contribution in [0, 0.1) is 0 Å². The monoisotopic (exact) mass is 434 g/mol. The van der Waals surface area contributed by atoms with E-state index in [0.29, 0.717) is 18.1 Å². The Balaban J connectivity index is 1.44. The Morgan fingerprint density at radius 3 is 2.67 bits per heavy atom. The summed E-state index contributed by atoms with van der Waals surface area (Å²) in [6.45, 7) is 5.78. The number of hydrogen-bond acceptors (Lipinski definition) is 4. The quantitative estimate of drug-likeness (QED) is 0.658. The standard InChI is InChI=1S/C21H27BrN2O3/c1-2-3-12-24-13-10-17(11-14-24)23-21(25)20-9-8-19(27-20)15-26-18-6-4-16(22)5-7-18/h4-9,17H,2-3,10-15H2,1H3,(H,23,25). The Kier molecular flexibility index (Phi) is 7.35. The zero-order chi connectivity index (χ0) is 19.1. The SMILES string of the molecule is CCCCN1CCC(NC(=O)c2ccc(COc3ccc(Br)cc3)o2)CC1. The van der Waals surface area contributed by atoms with Crippen molar-refractivity contribution in [1.29, 1.82) is 0 Å². The van der Waals surface area contributed by atoms with Crippen LogP contribution in [0.1, 0.15) is 48.9 Å². The molecule has 1 aliphatic rings. The molecule has 1 fully saturated rings. The van der Waals surface area contributed by atoms with Crippen LogP contribution < -0.4 is 10.1 Å². The molecule has 2 heterocycles. The molecule has 1 amide bonds. The fraction of sp³-hybridized carbons (Fsp3) is 0.476. The van der Waals surface area contributed by atoms with E-state index in [-0.39, 0.29) is 11.9 Å². The second kappa shape index (κ2) is 9.95. The van der Waals surface area contributed by atoms with E-state index < -0.39 is 0 Å². The molecule has 0 spiro atoms. The lowest BCUT2D eigenvalue weighted by molar-refractivity contribution is 0.0879. The molecule has 0 atom stereocenters. The minimum atomic E-state index is -0.142. The minimum Gasteiger partial charge on any atom is -0.486 e. The molecule has 1 aliphatic heterocycles. The maximum absolute atomic E-state index is 12.4. The zero-order valence-corrected chi connectivity index (χ0v) is 17.3. The van der Waals surface area contributed by atoms with Gasteiger partial charge in [-0.3, -0.25) is 4.79 Å². The molecule has 1 aromatic heterocycles. The molecule has 1 aromatic carbocycles. The summed E-state index contributed by atoms with van der Waals surface area (Å²) in [6.07, 6.45) is 4.46. The first-order valence-electron chi connectivity index (χ1n) is 9.64. The number of carbonyl (C=O) groups is 1. The van der Waals surface area contributed by atoms with E-state index >= 15 is 0 Å². The number of benzene rings is 1. The van der Waals surface area contributed by atoms with E-state index in [9.17, 15) is 4.79 Å². The van der Waals surface area contributed by atoms with Crippen molar-refractivity contribution in [3.8, 4) is 5.75 Å². The van der Waals surface area contributed by atoms with E-state index in [4.69, 9.17) is 9.15 Å². The molecule has 0 aliphatic carbocycles. The van der Waals surface area contributed by atoms with Crippen LogP contribution in [0.15, 0.2) is 45.3 Å². The van der Waals surface area contributed by atoms with E-state index in [1.165, 1.54) is 12.8 Å². The van der Waals surface area contributed by atoms with Gasteiger partial charge in [-0.15, -0.1) is 0 Å². The molecule has 0 radical (unpaired) electrons. The van der Waals surface area contributed by atoms with Gasteiger partial charge in [0.25, 0.3) is 5.91 Å². The Bertz CT molecular complexity index is 721. The summed E-state index contributed by atoms with van der Waals surface area (Å²) in [5, 5.41) is 3.10. The molecular formula is C21H27BrN2O3. The third kappa shape index (κ3) is 6.11. The number of furan rings is 1. The number of amides is 1. The summed E-state index contributed by atoms with van der Waals surface area (Å²) in [6, 6.07) is 11.3. The molecular weight excluding hydrogens is 408 g/mol. The Morgan fingerprint density at radius 2 is 1.96 bits per heavy atom. The average Bonchev–Trinajstić information content (AvgIpc) is 3.16. The molecule has 6 heteroatoms. The van der Waals surface area contributed by atoms with Gasteiger partial charge in [0.15, 0.2) is 5.76 Å². The van der Waals surface area contributed by atoms with Crippen LogP contribution in [-0.4, -0.2) is 36.5 Å². The average molecular weight is 435 g/mol. The summed E-state index contributed by atoms with van der Waals surface area (Å²) in [5.74, 6) is 1.60. The van der Waals surface area contributed by atoms with Gasteiger partial charge in [-0.1, -0.05) is 29.3 Å². The lowest BCUT2D eigenvalue weighted by Crippen LogP contribution is -2.44. The number of hydrogen-bond donors (Lipinski definition) is 1. The molecule has 0 bridgehead atoms. The lowest BCUT2D eigenvalue weighted by Gasteiger charge is -2.32. The maximum atomic E-state index is 12.4. The van der Waals surface area contributed by atoms with Crippen molar-refractivity contribution < 1.29 is 13.9 Å². The summed E-state index contributed by atoms with van der Waals surface area (Å²) in [7, 11) is 0. The highest BCUT2D eigenvalue weighted by Gasteiger charge is 2.22. The van der Waals surface area contributed by atoms with Crippen LogP contribution in [0.4, 0.5) is 0 Å². The van der Waals surface area contributed by atoms with Crippen LogP contribution in [-0.2, 0) is 6.61 Å². The summed E-state index contributed by atoms with van der Waals surface area (Å²) in [4.78, 5) is 14.9. The van der Waals surface area contributed by atoms with Crippen molar-refractivity contribution in [1.82, 2.24) is 10.2 Å². The number of carbonyl (C=O) groups excluding carboxylic acids is 1. The molecule has 2 aromatic rings. The highest BCUT2D eigenvalue weighted by atomic mass is 79.9. The third-order valence-corrected chi connectivity index (χ3v) is 5.36. The molecule has 146 valence electrons. The Labute approximate surface area is 169 Å². The Morgan fingerprint density at radius 1 is 1.22 bits per heavy atom. The number of unbranched alkanes of at least 4 members (excludes halogenated alkanes) is 1. The van der Waals surface area contributed by atoms with Gasteiger partial charge >= 0.3 is 0 Å². The van der Waals surface area contributed by atoms with Gasteiger partial charge in [-0.2, -0.15) is 0 Å². The summed E-state index contributed by atoms with van der Waals surface area (Å²) < 4.78 is 12.3. The number of nitrogens with one attached hydrogen (secondary N) is 1. The fourth-order valence-corrected chi connectivity index (χ4v) is 3.47. The van der Waals surface area contributed by atoms with E-state index in [1.54, 1.807) is 12.1 Å². The molecule has 27 heavy (non-hydrogen) atoms. The maximum Gasteiger partial charge on any atom is 0.287 e.